The molecule has 6 saturated carbocycles. The summed E-state index contributed by atoms with van der Waals surface area (Å²) < 4.78 is 7.09. The van der Waals surface area contributed by atoms with E-state index >= 15 is 4.79 Å². The van der Waals surface area contributed by atoms with Gasteiger partial charge >= 0.3 is 0 Å². The van der Waals surface area contributed by atoms with E-state index in [0.29, 0.717) is 75.0 Å². The summed E-state index contributed by atoms with van der Waals surface area (Å²) in [5.74, 6) is -1.42. The van der Waals surface area contributed by atoms with Crippen molar-refractivity contribution in [1.82, 2.24) is 10.6 Å². The number of hydrogen-bond acceptors (Lipinski definition) is 13. The molecule has 9 aliphatic rings. The third-order valence-corrected chi connectivity index (χ3v) is 20.5. The summed E-state index contributed by atoms with van der Waals surface area (Å²) in [5, 5.41) is 104. The second-order valence-electron chi connectivity index (χ2n) is 23.8. The Bertz CT molecular complexity index is 1900. The van der Waals surface area contributed by atoms with E-state index in [1.54, 1.807) is 13.8 Å². The monoisotopic (exact) mass is 938 g/mol. The summed E-state index contributed by atoms with van der Waals surface area (Å²) in [5.41, 5.74) is 2.40. The van der Waals surface area contributed by atoms with Gasteiger partial charge in [0.15, 0.2) is 5.78 Å². The Hall–Kier alpha value is -1.91. The lowest BCUT2D eigenvalue weighted by Gasteiger charge is -2.65. The van der Waals surface area contributed by atoms with E-state index < -0.39 is 70.0 Å². The van der Waals surface area contributed by atoms with Crippen LogP contribution in [0.25, 0.3) is 0 Å². The number of nitrogens with one attached hydrogen (secondary N) is 2. The van der Waals surface area contributed by atoms with Crippen molar-refractivity contribution in [3.05, 3.63) is 34.7 Å². The van der Waals surface area contributed by atoms with Gasteiger partial charge < -0.3 is 62.0 Å². The van der Waals surface area contributed by atoms with Crippen molar-refractivity contribution >= 4 is 5.78 Å². The molecule has 0 aromatic heterocycles. The summed E-state index contributed by atoms with van der Waals surface area (Å²) in [6, 6.07) is 0. The molecule has 67 heavy (non-hydrogen) atoms. The number of carbonyl (C=O) groups excluding carboxylic acids is 1. The van der Waals surface area contributed by atoms with E-state index in [-0.39, 0.29) is 80.6 Å². The highest BCUT2D eigenvalue weighted by molar-refractivity contribution is 6.00. The number of aliphatic hydroxyl groups is 8. The van der Waals surface area contributed by atoms with Gasteiger partial charge in [-0.3, -0.25) is 4.79 Å². The van der Waals surface area contributed by atoms with Crippen molar-refractivity contribution < 1.29 is 50.4 Å². The van der Waals surface area contributed by atoms with Crippen LogP contribution in [-0.4, -0.2) is 119 Å². The third-order valence-electron chi connectivity index (χ3n) is 20.5. The minimum atomic E-state index is -1.75. The zero-order valence-corrected chi connectivity index (χ0v) is 40.9. The zero-order valence-electron chi connectivity index (χ0n) is 40.9. The average molecular weight is 938 g/mol. The molecular weight excluding hydrogens is 851 g/mol. The summed E-state index contributed by atoms with van der Waals surface area (Å²) in [6.07, 6.45) is 14.6. The van der Waals surface area contributed by atoms with Gasteiger partial charge in [-0.2, -0.15) is 0 Å². The minimum Gasteiger partial charge on any atom is -0.396 e. The average Bonchev–Trinajstić information content (AvgIpc) is 3.99. The van der Waals surface area contributed by atoms with E-state index in [1.165, 1.54) is 6.42 Å². The Morgan fingerprint density at radius 1 is 0.940 bits per heavy atom. The molecule has 0 aromatic rings. The summed E-state index contributed by atoms with van der Waals surface area (Å²) in [7, 11) is 0. The molecule has 12 N–H and O–H groups in total. The van der Waals surface area contributed by atoms with E-state index in [0.717, 1.165) is 69.1 Å². The SMILES string of the molecule is CCCC1CCC2OC3C(C(O)CCCC3(O)C(C)(O)C3CCC4(O)C5=C(NCC(C)O)C(=O)C6CC(O)C(O)CC6(CCC6=C(CCCO)NC(N)C=C6)C5CCC34C3CCCC3)C2CC1. The van der Waals surface area contributed by atoms with Crippen molar-refractivity contribution in [2.75, 3.05) is 13.2 Å². The molecule has 9 rings (SSSR count). The molecule has 13 heteroatoms. The lowest BCUT2D eigenvalue weighted by Crippen LogP contribution is -2.70. The van der Waals surface area contributed by atoms with Gasteiger partial charge in [-0.25, -0.2) is 0 Å². The number of dihydropyridines is 1. The Labute approximate surface area is 399 Å². The van der Waals surface area contributed by atoms with Crippen molar-refractivity contribution in [2.45, 2.75) is 228 Å². The van der Waals surface area contributed by atoms with Gasteiger partial charge in [0.25, 0.3) is 0 Å². The molecule has 18 unspecified atom stereocenters. The van der Waals surface area contributed by atoms with Crippen LogP contribution in [0.3, 0.4) is 0 Å². The highest BCUT2D eigenvalue weighted by Crippen LogP contribution is 2.74. The number of nitrogens with two attached hydrogens (primary N) is 1. The maximum absolute atomic E-state index is 15.6. The van der Waals surface area contributed by atoms with Gasteiger partial charge in [0, 0.05) is 36.1 Å². The maximum atomic E-state index is 15.6. The van der Waals surface area contributed by atoms with Gasteiger partial charge in [-0.15, -0.1) is 0 Å². The van der Waals surface area contributed by atoms with Crippen LogP contribution in [0.4, 0.5) is 0 Å². The molecule has 2 heterocycles. The molecule has 2 aliphatic heterocycles. The first-order valence-corrected chi connectivity index (χ1v) is 27.1. The number of allylic oxidation sites excluding steroid dienone is 4. The van der Waals surface area contributed by atoms with Crippen molar-refractivity contribution in [3.8, 4) is 0 Å². The summed E-state index contributed by atoms with van der Waals surface area (Å²) >= 11 is 0. The smallest absolute Gasteiger partial charge is 0.182 e. The molecule has 1 saturated heterocycles. The molecule has 7 fully saturated rings. The molecule has 0 bridgehead atoms. The molecule has 18 atom stereocenters. The number of carbonyl (C=O) groups is 1. The van der Waals surface area contributed by atoms with Crippen LogP contribution in [0.2, 0.25) is 0 Å². The van der Waals surface area contributed by atoms with Crippen LogP contribution in [0.1, 0.15) is 168 Å². The fourth-order valence-electron chi connectivity index (χ4n) is 17.6. The van der Waals surface area contributed by atoms with Crippen LogP contribution < -0.4 is 16.4 Å². The highest BCUT2D eigenvalue weighted by Gasteiger charge is 2.77. The lowest BCUT2D eigenvalue weighted by atomic mass is 9.41. The number of hydrogen-bond donors (Lipinski definition) is 11. The van der Waals surface area contributed by atoms with E-state index in [2.05, 4.69) is 17.6 Å². The Balaban J connectivity index is 1.15. The number of Topliss-reactive ketones (excluding diaryl/α,β-unsaturated/α-hetero) is 1. The van der Waals surface area contributed by atoms with E-state index in [4.69, 9.17) is 10.5 Å². The third kappa shape index (κ3) is 8.15. The lowest BCUT2D eigenvalue weighted by molar-refractivity contribution is -0.263. The van der Waals surface area contributed by atoms with Crippen molar-refractivity contribution in [3.63, 3.8) is 0 Å². The van der Waals surface area contributed by atoms with Gasteiger partial charge in [-0.1, -0.05) is 45.1 Å². The van der Waals surface area contributed by atoms with Crippen LogP contribution in [-0.2, 0) is 9.53 Å². The van der Waals surface area contributed by atoms with Crippen LogP contribution in [0.15, 0.2) is 34.7 Å². The fraction of sp³-hybridized carbons (Fsp3) is 0.870. The predicted octanol–water partition coefficient (Wildman–Crippen LogP) is 4.91. The number of rotatable bonds is 14. The van der Waals surface area contributed by atoms with Gasteiger partial charge in [0.05, 0.1) is 59.7 Å². The van der Waals surface area contributed by atoms with E-state index in [9.17, 15) is 40.9 Å². The first kappa shape index (κ1) is 50.0. The summed E-state index contributed by atoms with van der Waals surface area (Å²) in [6.45, 7) is 5.82. The summed E-state index contributed by atoms with van der Waals surface area (Å²) in [4.78, 5) is 15.6. The standard InChI is InChI=1S/C54H87N3O10/c1-4-9-32-14-17-35-42(18-15-32)67-49-45(35)39(60)13-7-23-54(49,66)50(3,64)43-22-26-53(65)46-36(21-25-52(43,53)34-10-5-6-11-34)51(24-20-33-16-19-44(55)57-38(33)12-8-27-58)29-41(62)40(61)28-37(51)48(63)47(46)56-30-31(2)59/h16,19,31-32,34-37,39-45,49,56-62,64-66H,4-15,17-18,20-30,55H2,1-3H3. The molecule has 0 spiro atoms. The van der Waals surface area contributed by atoms with Crippen molar-refractivity contribution in [2.24, 2.45) is 58.0 Å². The van der Waals surface area contributed by atoms with Crippen LogP contribution >= 0.6 is 0 Å². The van der Waals surface area contributed by atoms with E-state index in [1.807, 2.05) is 12.2 Å². The number of fused-ring (bicyclic) bond motifs is 8. The number of aliphatic hydroxyl groups excluding tert-OH is 5. The molecule has 378 valence electrons. The molecule has 0 radical (unpaired) electrons. The Kier molecular flexibility index (Phi) is 14.4. The first-order valence-electron chi connectivity index (χ1n) is 27.1. The zero-order chi connectivity index (χ0) is 47.7. The molecule has 7 aliphatic carbocycles. The molecule has 0 amide bonds. The van der Waals surface area contributed by atoms with Crippen LogP contribution in [0.5, 0.6) is 0 Å². The van der Waals surface area contributed by atoms with Crippen molar-refractivity contribution in [1.29, 1.82) is 0 Å². The van der Waals surface area contributed by atoms with Gasteiger partial charge in [-0.05, 0) is 182 Å². The molecule has 13 nitrogen and oxygen atoms in total. The highest BCUT2D eigenvalue weighted by atomic mass is 16.5. The second kappa shape index (κ2) is 19.3. The van der Waals surface area contributed by atoms with Crippen LogP contribution in [0, 0.1) is 52.3 Å². The number of ether oxygens (including phenoxy) is 1. The van der Waals surface area contributed by atoms with Gasteiger partial charge in [0.2, 0.25) is 0 Å². The Morgan fingerprint density at radius 3 is 2.43 bits per heavy atom. The maximum Gasteiger partial charge on any atom is 0.182 e. The van der Waals surface area contributed by atoms with Gasteiger partial charge in [0.1, 0.15) is 5.60 Å². The molecule has 0 aromatic carbocycles. The minimum absolute atomic E-state index is 0.00534. The Morgan fingerprint density at radius 2 is 1.70 bits per heavy atom. The predicted molar refractivity (Wildman–Crippen MR) is 254 cm³/mol. The quantitative estimate of drug-likeness (QED) is 0.111. The normalized spacial score (nSPS) is 45.8. The fourth-order valence-corrected chi connectivity index (χ4v) is 17.6. The number of ketones is 1. The largest absolute Gasteiger partial charge is 0.396 e. The first-order chi connectivity index (χ1) is 32.0. The topological polar surface area (TPSA) is 238 Å². The second-order valence-corrected chi connectivity index (χ2v) is 23.8. The molecular formula is C54H87N3O10.